The van der Waals surface area contributed by atoms with Gasteiger partial charge in [-0.25, -0.2) is 0 Å². The minimum absolute atomic E-state index is 0.555. The monoisotopic (exact) mass is 498 g/mol. The first-order valence-corrected chi connectivity index (χ1v) is 19.1. The molecule has 0 spiro atoms. The maximum absolute atomic E-state index is 6.69. The molecule has 0 saturated heterocycles. The molecular weight excluding hydrogens is 448 g/mol. The third-order valence-electron chi connectivity index (χ3n) is 4.50. The Bertz CT molecular complexity index is 435. The van der Waals surface area contributed by atoms with Crippen LogP contribution in [0.25, 0.3) is 0 Å². The molecule has 0 heterocycles. The molecule has 6 N–H and O–H groups in total. The van der Waals surface area contributed by atoms with E-state index in [4.69, 9.17) is 33.0 Å². The van der Waals surface area contributed by atoms with E-state index in [9.17, 15) is 0 Å². The minimum Gasteiger partial charge on any atom is -0.415 e. The molecule has 0 aliphatic rings. The van der Waals surface area contributed by atoms with Gasteiger partial charge in [-0.15, -0.1) is 0 Å². The van der Waals surface area contributed by atoms with Crippen LogP contribution in [0.1, 0.15) is 33.6 Å². The molecule has 0 rings (SSSR count). The quantitative estimate of drug-likeness (QED) is 0.130. The Hall–Kier alpha value is 0.291. The van der Waals surface area contributed by atoms with Crippen LogP contribution in [0.3, 0.4) is 0 Å². The molecule has 188 valence electrons. The third kappa shape index (κ3) is 14.9. The molecule has 9 nitrogen and oxygen atoms in total. The van der Waals surface area contributed by atoms with Gasteiger partial charge < -0.3 is 43.6 Å². The Balaban J connectivity index is 5.14. The molecule has 1 unspecified atom stereocenters. The van der Waals surface area contributed by atoms with E-state index in [1.165, 1.54) is 0 Å². The molecule has 0 bridgehead atoms. The summed E-state index contributed by atoms with van der Waals surface area (Å²) >= 11 is 0. The van der Waals surface area contributed by atoms with E-state index in [1.54, 1.807) is 0 Å². The van der Waals surface area contributed by atoms with Gasteiger partial charge in [-0.2, -0.15) is 0 Å². The zero-order valence-corrected chi connectivity index (χ0v) is 23.9. The van der Waals surface area contributed by atoms with Crippen molar-refractivity contribution in [2.45, 2.75) is 65.3 Å². The third-order valence-corrected chi connectivity index (χ3v) is 16.0. The number of hydrogen-bond acceptors (Lipinski definition) is 9. The summed E-state index contributed by atoms with van der Waals surface area (Å²) in [7, 11) is -7.81. The molecule has 0 aromatic heterocycles. The number of hydrogen-bond donors (Lipinski definition) is 4. The van der Waals surface area contributed by atoms with Crippen molar-refractivity contribution in [1.29, 1.82) is 0 Å². The largest absolute Gasteiger partial charge is 0.492 e. The summed E-state index contributed by atoms with van der Waals surface area (Å²) in [5.74, 6) is 0. The lowest BCUT2D eigenvalue weighted by Gasteiger charge is -2.40. The first-order valence-electron chi connectivity index (χ1n) is 11.9. The average Bonchev–Trinajstić information content (AvgIpc) is 2.67. The molecule has 0 aromatic rings. The fraction of sp³-hybridized carbons (Fsp3) is 1.00. The maximum Gasteiger partial charge on any atom is 0.492 e. The van der Waals surface area contributed by atoms with Gasteiger partial charge in [0.2, 0.25) is 0 Å². The van der Waals surface area contributed by atoms with Crippen molar-refractivity contribution in [1.82, 2.24) is 10.6 Å². The fourth-order valence-electron chi connectivity index (χ4n) is 3.53. The van der Waals surface area contributed by atoms with Crippen molar-refractivity contribution in [2.75, 3.05) is 59.1 Å². The van der Waals surface area contributed by atoms with Gasteiger partial charge in [-0.05, 0) is 72.4 Å². The molecule has 0 fully saturated rings. The Morgan fingerprint density at radius 1 is 0.645 bits per heavy atom. The smallest absolute Gasteiger partial charge is 0.415 e. The van der Waals surface area contributed by atoms with E-state index >= 15 is 0 Å². The standard InChI is InChI=1S/C19H50N4O5Si3/c1-7-24-30(6,18-10-14-22-16-12-20)27-29(4,5)28-31(25-8-2,26-9-3)19-11-15-23-17-13-21/h22-23H,7-21H2,1-6H3. The molecule has 0 aliphatic heterocycles. The van der Waals surface area contributed by atoms with Crippen molar-refractivity contribution in [3.05, 3.63) is 0 Å². The summed E-state index contributed by atoms with van der Waals surface area (Å²) in [6, 6.07) is 1.65. The van der Waals surface area contributed by atoms with Gasteiger partial charge in [0.25, 0.3) is 0 Å². The Morgan fingerprint density at radius 3 is 1.58 bits per heavy atom. The zero-order valence-electron chi connectivity index (χ0n) is 20.9. The second-order valence-corrected chi connectivity index (χ2v) is 17.9. The summed E-state index contributed by atoms with van der Waals surface area (Å²) in [5.41, 5.74) is 11.1. The summed E-state index contributed by atoms with van der Waals surface area (Å²) in [6.07, 6.45) is 1.89. The topological polar surface area (TPSA) is 122 Å². The van der Waals surface area contributed by atoms with Crippen molar-refractivity contribution < 1.29 is 21.5 Å². The molecule has 0 aromatic carbocycles. The van der Waals surface area contributed by atoms with Crippen LogP contribution < -0.4 is 22.1 Å². The van der Waals surface area contributed by atoms with Crippen molar-refractivity contribution in [2.24, 2.45) is 11.5 Å². The van der Waals surface area contributed by atoms with E-state index < -0.39 is 25.9 Å². The van der Waals surface area contributed by atoms with E-state index in [2.05, 4.69) is 30.3 Å². The van der Waals surface area contributed by atoms with Gasteiger partial charge in [0.15, 0.2) is 0 Å². The van der Waals surface area contributed by atoms with Crippen LogP contribution in [0.5, 0.6) is 0 Å². The maximum atomic E-state index is 6.69. The lowest BCUT2D eigenvalue weighted by Crippen LogP contribution is -2.59. The molecule has 0 saturated carbocycles. The van der Waals surface area contributed by atoms with Crippen molar-refractivity contribution >= 4 is 25.9 Å². The van der Waals surface area contributed by atoms with Crippen LogP contribution in [-0.4, -0.2) is 85.0 Å². The SMILES string of the molecule is CCO[Si](C)(CCCNCCN)O[Si](C)(C)O[Si](CCCNCCN)(OCC)OCC. The molecule has 1 atom stereocenters. The predicted molar refractivity (Wildman–Crippen MR) is 135 cm³/mol. The first-order chi connectivity index (χ1) is 14.7. The normalized spacial score (nSPS) is 14.7. The highest BCUT2D eigenvalue weighted by molar-refractivity contribution is 6.84. The molecule has 0 aliphatic carbocycles. The minimum atomic E-state index is -2.86. The Labute approximate surface area is 194 Å². The second kappa shape index (κ2) is 17.7. The highest BCUT2D eigenvalue weighted by atomic mass is 28.5. The van der Waals surface area contributed by atoms with E-state index in [0.29, 0.717) is 32.9 Å². The number of rotatable bonds is 22. The van der Waals surface area contributed by atoms with Gasteiger partial charge in [0, 0.05) is 52.0 Å². The van der Waals surface area contributed by atoms with Gasteiger partial charge in [0.1, 0.15) is 0 Å². The highest BCUT2D eigenvalue weighted by Gasteiger charge is 2.49. The summed E-state index contributed by atoms with van der Waals surface area (Å²) in [4.78, 5) is 0. The zero-order chi connectivity index (χ0) is 23.6. The predicted octanol–water partition coefficient (Wildman–Crippen LogP) is 1.72. The van der Waals surface area contributed by atoms with Gasteiger partial charge in [-0.1, -0.05) is 0 Å². The lowest BCUT2D eigenvalue weighted by molar-refractivity contribution is 0.102. The molecule has 0 radical (unpaired) electrons. The average molecular weight is 499 g/mol. The van der Waals surface area contributed by atoms with Crippen LogP contribution in [0.15, 0.2) is 0 Å². The molecule has 0 amide bonds. The van der Waals surface area contributed by atoms with E-state index in [-0.39, 0.29) is 0 Å². The Morgan fingerprint density at radius 2 is 1.13 bits per heavy atom. The van der Waals surface area contributed by atoms with Crippen molar-refractivity contribution in [3.8, 4) is 0 Å². The van der Waals surface area contributed by atoms with Crippen LogP contribution >= 0.6 is 0 Å². The highest BCUT2D eigenvalue weighted by Crippen LogP contribution is 2.28. The van der Waals surface area contributed by atoms with Gasteiger partial charge in [-0.3, -0.25) is 0 Å². The number of nitrogens with two attached hydrogens (primary N) is 2. The van der Waals surface area contributed by atoms with Crippen LogP contribution in [0, 0.1) is 0 Å². The molecular formula is C19H50N4O5Si3. The summed E-state index contributed by atoms with van der Waals surface area (Å²) < 4.78 is 31.9. The fourth-order valence-corrected chi connectivity index (χ4v) is 16.2. The molecule has 31 heavy (non-hydrogen) atoms. The van der Waals surface area contributed by atoms with E-state index in [1.807, 2.05) is 20.8 Å². The van der Waals surface area contributed by atoms with Gasteiger partial charge in [0.05, 0.1) is 0 Å². The first kappa shape index (κ1) is 31.3. The molecule has 12 heteroatoms. The number of nitrogens with one attached hydrogen (secondary N) is 2. The van der Waals surface area contributed by atoms with Gasteiger partial charge >= 0.3 is 25.9 Å². The summed E-state index contributed by atoms with van der Waals surface area (Å²) in [5, 5.41) is 6.67. The Kier molecular flexibility index (Phi) is 17.9. The van der Waals surface area contributed by atoms with Crippen LogP contribution in [0.4, 0.5) is 0 Å². The van der Waals surface area contributed by atoms with Crippen molar-refractivity contribution in [3.63, 3.8) is 0 Å². The van der Waals surface area contributed by atoms with Crippen LogP contribution in [0.2, 0.25) is 31.7 Å². The van der Waals surface area contributed by atoms with Crippen LogP contribution in [-0.2, 0) is 21.5 Å². The van der Waals surface area contributed by atoms with E-state index in [0.717, 1.165) is 51.1 Å². The second-order valence-electron chi connectivity index (χ2n) is 8.00. The lowest BCUT2D eigenvalue weighted by atomic mass is 10.5. The summed E-state index contributed by atoms with van der Waals surface area (Å²) in [6.45, 7) is 18.7.